The first kappa shape index (κ1) is 27.4. The van der Waals surface area contributed by atoms with Gasteiger partial charge in [0.05, 0.1) is 11.3 Å². The second kappa shape index (κ2) is 11.4. The predicted octanol–water partition coefficient (Wildman–Crippen LogP) is 5.52. The fourth-order valence-electron chi connectivity index (χ4n) is 4.37. The minimum atomic E-state index is -1.45. The van der Waals surface area contributed by atoms with Crippen LogP contribution < -0.4 is 4.90 Å². The molecule has 2 atom stereocenters. The van der Waals surface area contributed by atoms with Gasteiger partial charge in [-0.05, 0) is 90.3 Å². The lowest BCUT2D eigenvalue weighted by atomic mass is 9.97. The van der Waals surface area contributed by atoms with Gasteiger partial charge in [-0.2, -0.15) is 0 Å². The van der Waals surface area contributed by atoms with E-state index in [-0.39, 0.29) is 5.56 Å². The molecule has 192 valence electrons. The molecule has 3 aromatic carbocycles. The Bertz CT molecular complexity index is 1330. The molecule has 0 spiro atoms. The van der Waals surface area contributed by atoms with Crippen LogP contribution in [0.25, 0.3) is 0 Å². The molecule has 2 amide bonds. The Labute approximate surface area is 238 Å². The number of carboxylic acids is 1. The van der Waals surface area contributed by atoms with Gasteiger partial charge in [0, 0.05) is 26.7 Å². The molecule has 7 nitrogen and oxygen atoms in total. The number of carboxylic acid groups (broad SMARTS) is 1. The lowest BCUT2D eigenvalue weighted by Gasteiger charge is -2.35. The van der Waals surface area contributed by atoms with Crippen LogP contribution >= 0.6 is 45.8 Å². The normalized spacial score (nSPS) is 16.5. The molecule has 0 fully saturated rings. The molecule has 1 aliphatic heterocycles. The van der Waals surface area contributed by atoms with Gasteiger partial charge in [-0.3, -0.25) is 9.59 Å². The summed E-state index contributed by atoms with van der Waals surface area (Å²) in [5.74, 6) is -2.23. The van der Waals surface area contributed by atoms with Crippen LogP contribution in [0.3, 0.4) is 0 Å². The van der Waals surface area contributed by atoms with Crippen LogP contribution in [0.2, 0.25) is 10.0 Å². The second-order valence-electron chi connectivity index (χ2n) is 8.91. The van der Waals surface area contributed by atoms with E-state index in [1.54, 1.807) is 65.6 Å². The zero-order valence-electron chi connectivity index (χ0n) is 20.1. The Morgan fingerprint density at radius 3 is 2.16 bits per heavy atom. The number of halogens is 3. The van der Waals surface area contributed by atoms with Crippen molar-refractivity contribution in [3.05, 3.63) is 97.0 Å². The largest absolute Gasteiger partial charge is 0.479 e. The van der Waals surface area contributed by atoms with E-state index in [1.807, 2.05) is 25.1 Å². The van der Waals surface area contributed by atoms with Gasteiger partial charge in [0.25, 0.3) is 11.8 Å². The van der Waals surface area contributed by atoms with Gasteiger partial charge in [-0.15, -0.1) is 0 Å². The highest BCUT2D eigenvalue weighted by molar-refractivity contribution is 14.1. The highest BCUT2D eigenvalue weighted by Gasteiger charge is 2.46. The zero-order chi connectivity index (χ0) is 26.9. The average Bonchev–Trinajstić information content (AvgIpc) is 2.93. The van der Waals surface area contributed by atoms with Gasteiger partial charge in [-0.25, -0.2) is 4.79 Å². The van der Waals surface area contributed by atoms with Crippen molar-refractivity contribution in [3.8, 4) is 0 Å². The molecule has 1 aliphatic rings. The monoisotopic (exact) mass is 651 g/mol. The third-order valence-corrected chi connectivity index (χ3v) is 7.32. The van der Waals surface area contributed by atoms with E-state index >= 15 is 0 Å². The molecule has 3 aromatic rings. The molecule has 0 unspecified atom stereocenters. The van der Waals surface area contributed by atoms with Crippen LogP contribution in [-0.2, 0) is 9.59 Å². The lowest BCUT2D eigenvalue weighted by molar-refractivity contribution is -0.144. The lowest BCUT2D eigenvalue weighted by Crippen LogP contribution is -2.47. The smallest absolute Gasteiger partial charge is 0.331 e. The first-order chi connectivity index (χ1) is 17.6. The number of fused-ring (bicyclic) bond motifs is 1. The van der Waals surface area contributed by atoms with Gasteiger partial charge in [0.1, 0.15) is 6.04 Å². The van der Waals surface area contributed by atoms with Crippen molar-refractivity contribution < 1.29 is 19.5 Å². The molecular weight excluding hydrogens is 628 g/mol. The van der Waals surface area contributed by atoms with E-state index in [4.69, 9.17) is 23.2 Å². The van der Waals surface area contributed by atoms with Crippen molar-refractivity contribution in [1.29, 1.82) is 0 Å². The van der Waals surface area contributed by atoms with Crippen LogP contribution in [0.5, 0.6) is 0 Å². The SMILES string of the molecule is CN(C)CCN1C(=O)[C@H](c2ccc(Cl)cc2)N([C@H](C(=O)O)c2ccc(Cl)cc2)C(=O)c2cc(I)ccc21. The van der Waals surface area contributed by atoms with Crippen LogP contribution in [0.1, 0.15) is 33.6 Å². The second-order valence-corrected chi connectivity index (χ2v) is 11.0. The standard InChI is InChI=1S/C27H24Cl2IN3O4/c1-31(2)13-14-32-22-12-11-20(30)15-21(22)25(34)33(23(26(32)35)16-3-7-18(28)8-4-16)24(27(36)37)17-5-9-19(29)10-6-17/h3-12,15,23-24H,13-14H2,1-2H3,(H,36,37)/t23-,24-/m0/s1. The topological polar surface area (TPSA) is 81.2 Å². The molecule has 1 heterocycles. The summed E-state index contributed by atoms with van der Waals surface area (Å²) >= 11 is 14.3. The van der Waals surface area contributed by atoms with Crippen LogP contribution in [-0.4, -0.2) is 59.9 Å². The van der Waals surface area contributed by atoms with Crippen molar-refractivity contribution in [2.24, 2.45) is 0 Å². The molecule has 0 aromatic heterocycles. The quantitative estimate of drug-likeness (QED) is 0.341. The Morgan fingerprint density at radius 1 is 1.00 bits per heavy atom. The fourth-order valence-corrected chi connectivity index (χ4v) is 5.11. The number of benzene rings is 3. The number of carbonyl (C=O) groups excluding carboxylic acids is 2. The van der Waals surface area contributed by atoms with Crippen LogP contribution in [0, 0.1) is 3.57 Å². The predicted molar refractivity (Wildman–Crippen MR) is 152 cm³/mol. The number of likely N-dealkylation sites (N-methyl/N-ethyl adjacent to an activating group) is 1. The van der Waals surface area contributed by atoms with Crippen molar-refractivity contribution >= 4 is 69.3 Å². The van der Waals surface area contributed by atoms with Gasteiger partial charge < -0.3 is 19.8 Å². The van der Waals surface area contributed by atoms with Crippen LogP contribution in [0.15, 0.2) is 66.7 Å². The summed E-state index contributed by atoms with van der Waals surface area (Å²) in [4.78, 5) is 46.1. The zero-order valence-corrected chi connectivity index (χ0v) is 23.7. The van der Waals surface area contributed by atoms with Gasteiger partial charge in [0.2, 0.25) is 0 Å². The molecule has 0 saturated carbocycles. The fraction of sp³-hybridized carbons (Fsp3) is 0.222. The molecule has 10 heteroatoms. The van der Waals surface area contributed by atoms with E-state index in [9.17, 15) is 19.5 Å². The maximum absolute atomic E-state index is 14.3. The molecule has 1 N–H and O–H groups in total. The third kappa shape index (κ3) is 5.77. The van der Waals surface area contributed by atoms with Crippen LogP contribution in [0.4, 0.5) is 5.69 Å². The molecule has 0 saturated heterocycles. The average molecular weight is 652 g/mol. The maximum Gasteiger partial charge on any atom is 0.331 e. The van der Waals surface area contributed by atoms with E-state index in [1.165, 1.54) is 4.90 Å². The molecule has 37 heavy (non-hydrogen) atoms. The number of hydrogen-bond donors (Lipinski definition) is 1. The molecular formula is C27H24Cl2IN3O4. The minimum Gasteiger partial charge on any atom is -0.479 e. The van der Waals surface area contributed by atoms with Crippen molar-refractivity contribution in [3.63, 3.8) is 0 Å². The van der Waals surface area contributed by atoms with E-state index in [0.29, 0.717) is 39.9 Å². The first-order valence-corrected chi connectivity index (χ1v) is 13.2. The van der Waals surface area contributed by atoms with E-state index < -0.39 is 29.9 Å². The molecule has 4 rings (SSSR count). The minimum absolute atomic E-state index is 0.260. The highest BCUT2D eigenvalue weighted by Crippen LogP contribution is 2.40. The van der Waals surface area contributed by atoms with Gasteiger partial charge in [0.15, 0.2) is 6.04 Å². The third-order valence-electron chi connectivity index (χ3n) is 6.15. The highest BCUT2D eigenvalue weighted by atomic mass is 127. The Morgan fingerprint density at radius 2 is 1.59 bits per heavy atom. The van der Waals surface area contributed by atoms with Crippen molar-refractivity contribution in [2.45, 2.75) is 12.1 Å². The molecule has 0 radical (unpaired) electrons. The summed E-state index contributed by atoms with van der Waals surface area (Å²) < 4.78 is 0.785. The number of amides is 2. The van der Waals surface area contributed by atoms with Gasteiger partial charge in [-0.1, -0.05) is 47.5 Å². The summed E-state index contributed by atoms with van der Waals surface area (Å²) in [5.41, 5.74) is 1.49. The Kier molecular flexibility index (Phi) is 8.42. The van der Waals surface area contributed by atoms with Gasteiger partial charge >= 0.3 is 5.97 Å². The number of hydrogen-bond acceptors (Lipinski definition) is 4. The number of carbonyl (C=O) groups is 3. The van der Waals surface area contributed by atoms with E-state index in [2.05, 4.69) is 22.6 Å². The van der Waals surface area contributed by atoms with E-state index in [0.717, 1.165) is 3.57 Å². The summed E-state index contributed by atoms with van der Waals surface area (Å²) in [7, 11) is 3.79. The Balaban J connectivity index is 1.99. The summed E-state index contributed by atoms with van der Waals surface area (Å²) in [6.07, 6.45) is 0. The van der Waals surface area contributed by atoms with Crippen molar-refractivity contribution in [1.82, 2.24) is 9.80 Å². The first-order valence-electron chi connectivity index (χ1n) is 11.4. The maximum atomic E-state index is 14.3. The number of aliphatic carboxylic acids is 1. The Hall–Kier alpha value is -2.66. The summed E-state index contributed by atoms with van der Waals surface area (Å²) in [6.45, 7) is 0.849. The van der Waals surface area contributed by atoms with Crippen molar-refractivity contribution in [2.75, 3.05) is 32.1 Å². The summed E-state index contributed by atoms with van der Waals surface area (Å²) in [6, 6.07) is 15.4. The number of nitrogens with zero attached hydrogens (tertiary/aromatic N) is 3. The molecule has 0 bridgehead atoms. The molecule has 0 aliphatic carbocycles. The summed E-state index contributed by atoms with van der Waals surface area (Å²) in [5, 5.41) is 11.3. The number of rotatable bonds is 7. The number of anilines is 1.